The second-order valence-corrected chi connectivity index (χ2v) is 4.04. The Morgan fingerprint density at radius 3 is 2.79 bits per heavy atom. The van der Waals surface area contributed by atoms with Crippen molar-refractivity contribution in [1.29, 1.82) is 5.26 Å². The topological polar surface area (TPSA) is 73.1 Å². The summed E-state index contributed by atoms with van der Waals surface area (Å²) in [5, 5.41) is 20.1. The van der Waals surface area contributed by atoms with Gasteiger partial charge in [0.05, 0.1) is 6.07 Å². The molecule has 0 aromatic carbocycles. The van der Waals surface area contributed by atoms with Crippen LogP contribution in [-0.2, 0) is 4.79 Å². The molecule has 14 heavy (non-hydrogen) atoms. The smallest absolute Gasteiger partial charge is 0.240 e. The molecule has 2 N–H and O–H groups in total. The zero-order chi connectivity index (χ0) is 10.6. The highest BCUT2D eigenvalue weighted by Gasteiger charge is 2.48. The Morgan fingerprint density at radius 2 is 2.36 bits per heavy atom. The number of rotatable bonds is 4. The Labute approximate surface area is 83.9 Å². The molecule has 0 atom stereocenters. The van der Waals surface area contributed by atoms with Crippen LogP contribution in [0.15, 0.2) is 0 Å². The van der Waals surface area contributed by atoms with E-state index >= 15 is 0 Å². The van der Waals surface area contributed by atoms with Crippen molar-refractivity contribution >= 4 is 5.91 Å². The summed E-state index contributed by atoms with van der Waals surface area (Å²) in [7, 11) is 0. The van der Waals surface area contributed by atoms with Crippen molar-refractivity contribution in [2.75, 3.05) is 13.2 Å². The third-order valence-electron chi connectivity index (χ3n) is 2.66. The van der Waals surface area contributed by atoms with Gasteiger partial charge in [-0.1, -0.05) is 6.92 Å². The fourth-order valence-electron chi connectivity index (χ4n) is 1.91. The Morgan fingerprint density at radius 1 is 1.71 bits per heavy atom. The number of carbonyl (C=O) groups excluding carboxylic acids is 1. The van der Waals surface area contributed by atoms with Crippen molar-refractivity contribution in [3.8, 4) is 6.07 Å². The molecule has 0 spiro atoms. The van der Waals surface area contributed by atoms with Crippen molar-refractivity contribution in [2.24, 2.45) is 11.3 Å². The molecule has 0 radical (unpaired) electrons. The molecule has 4 nitrogen and oxygen atoms in total. The number of aliphatic hydroxyl groups excluding tert-OH is 1. The average molecular weight is 196 g/mol. The molecule has 78 valence electrons. The first-order chi connectivity index (χ1) is 6.64. The molecule has 1 aliphatic carbocycles. The van der Waals surface area contributed by atoms with Crippen LogP contribution in [0.5, 0.6) is 0 Å². The summed E-state index contributed by atoms with van der Waals surface area (Å²) < 4.78 is 0. The summed E-state index contributed by atoms with van der Waals surface area (Å²) in [6.07, 6.45) is 1.87. The van der Waals surface area contributed by atoms with Gasteiger partial charge >= 0.3 is 0 Å². The molecule has 1 fully saturated rings. The summed E-state index contributed by atoms with van der Waals surface area (Å²) >= 11 is 0. The lowest BCUT2D eigenvalue weighted by atomic mass is 9.63. The molecule has 1 rings (SSSR count). The van der Waals surface area contributed by atoms with E-state index in [9.17, 15) is 4.79 Å². The van der Waals surface area contributed by atoms with Crippen LogP contribution in [0.1, 0.15) is 26.2 Å². The molecule has 0 heterocycles. The van der Waals surface area contributed by atoms with Crippen LogP contribution < -0.4 is 5.32 Å². The van der Waals surface area contributed by atoms with E-state index in [-0.39, 0.29) is 12.5 Å². The molecular weight excluding hydrogens is 180 g/mol. The van der Waals surface area contributed by atoms with Gasteiger partial charge in [-0.3, -0.25) is 4.79 Å². The Kier molecular flexibility index (Phi) is 3.48. The van der Waals surface area contributed by atoms with Crippen LogP contribution in [0.3, 0.4) is 0 Å². The Bertz CT molecular complexity index is 251. The van der Waals surface area contributed by atoms with E-state index < -0.39 is 5.41 Å². The number of nitriles is 1. The molecule has 0 unspecified atom stereocenters. The van der Waals surface area contributed by atoms with Crippen LogP contribution in [0.2, 0.25) is 0 Å². The van der Waals surface area contributed by atoms with Gasteiger partial charge in [0.15, 0.2) is 0 Å². The van der Waals surface area contributed by atoms with E-state index in [0.29, 0.717) is 31.7 Å². The lowest BCUT2D eigenvalue weighted by Gasteiger charge is -2.39. The minimum absolute atomic E-state index is 0.0657. The molecular formula is C10H16N2O2. The van der Waals surface area contributed by atoms with Gasteiger partial charge in [0.1, 0.15) is 5.41 Å². The van der Waals surface area contributed by atoms with E-state index in [1.54, 1.807) is 0 Å². The molecule has 0 aromatic heterocycles. The number of aliphatic hydroxyl groups is 1. The quantitative estimate of drug-likeness (QED) is 0.640. The van der Waals surface area contributed by atoms with E-state index in [1.807, 2.05) is 6.92 Å². The second-order valence-electron chi connectivity index (χ2n) is 4.04. The van der Waals surface area contributed by atoms with Crippen LogP contribution in [0, 0.1) is 22.7 Å². The van der Waals surface area contributed by atoms with Crippen LogP contribution >= 0.6 is 0 Å². The fourth-order valence-corrected chi connectivity index (χ4v) is 1.91. The highest BCUT2D eigenvalue weighted by molar-refractivity contribution is 5.86. The highest BCUT2D eigenvalue weighted by atomic mass is 16.3. The summed E-state index contributed by atoms with van der Waals surface area (Å²) in [6, 6.07) is 2.10. The molecule has 1 saturated carbocycles. The zero-order valence-electron chi connectivity index (χ0n) is 8.42. The molecule has 1 amide bonds. The van der Waals surface area contributed by atoms with Gasteiger partial charge in [0.25, 0.3) is 0 Å². The van der Waals surface area contributed by atoms with Crippen molar-refractivity contribution in [1.82, 2.24) is 5.32 Å². The normalized spacial score (nSPS) is 30.2. The fraction of sp³-hybridized carbons (Fsp3) is 0.800. The molecule has 4 heteroatoms. The van der Waals surface area contributed by atoms with Crippen LogP contribution in [0.25, 0.3) is 0 Å². The van der Waals surface area contributed by atoms with Crippen molar-refractivity contribution in [3.63, 3.8) is 0 Å². The third kappa shape index (κ3) is 2.05. The summed E-state index contributed by atoms with van der Waals surface area (Å²) in [5.74, 6) is 0.296. The monoisotopic (exact) mass is 196 g/mol. The highest BCUT2D eigenvalue weighted by Crippen LogP contribution is 2.44. The molecule has 0 aliphatic heterocycles. The standard InChI is InChI=1S/C10H16N2O2/c1-8-5-10(6-8,7-11)9(14)12-3-2-4-13/h8,13H,2-6H2,1H3,(H,12,14). The van der Waals surface area contributed by atoms with Gasteiger partial charge < -0.3 is 10.4 Å². The first-order valence-corrected chi connectivity index (χ1v) is 4.95. The number of nitrogens with zero attached hydrogens (tertiary/aromatic N) is 1. The van der Waals surface area contributed by atoms with Crippen molar-refractivity contribution < 1.29 is 9.90 Å². The van der Waals surface area contributed by atoms with E-state index in [2.05, 4.69) is 11.4 Å². The largest absolute Gasteiger partial charge is 0.396 e. The van der Waals surface area contributed by atoms with E-state index in [4.69, 9.17) is 10.4 Å². The Balaban J connectivity index is 2.39. The number of hydrogen-bond acceptors (Lipinski definition) is 3. The number of carbonyl (C=O) groups is 1. The van der Waals surface area contributed by atoms with Gasteiger partial charge in [-0.25, -0.2) is 0 Å². The number of amides is 1. The SMILES string of the molecule is CC1CC(C#N)(C(=O)NCCCO)C1. The minimum atomic E-state index is -0.783. The summed E-state index contributed by atoms with van der Waals surface area (Å²) in [4.78, 5) is 11.6. The maximum atomic E-state index is 11.6. The van der Waals surface area contributed by atoms with E-state index in [0.717, 1.165) is 0 Å². The zero-order valence-corrected chi connectivity index (χ0v) is 8.42. The average Bonchev–Trinajstić information content (AvgIpc) is 2.12. The predicted molar refractivity (Wildman–Crippen MR) is 51.2 cm³/mol. The number of hydrogen-bond donors (Lipinski definition) is 2. The first kappa shape index (κ1) is 11.0. The van der Waals surface area contributed by atoms with Crippen LogP contribution in [0.4, 0.5) is 0 Å². The van der Waals surface area contributed by atoms with Gasteiger partial charge in [-0.15, -0.1) is 0 Å². The molecule has 0 bridgehead atoms. The number of nitrogens with one attached hydrogen (secondary N) is 1. The van der Waals surface area contributed by atoms with Gasteiger partial charge in [0.2, 0.25) is 5.91 Å². The van der Waals surface area contributed by atoms with Crippen molar-refractivity contribution in [2.45, 2.75) is 26.2 Å². The lowest BCUT2D eigenvalue weighted by molar-refractivity contribution is -0.133. The maximum Gasteiger partial charge on any atom is 0.240 e. The molecule has 0 aromatic rings. The van der Waals surface area contributed by atoms with Gasteiger partial charge in [-0.05, 0) is 25.2 Å². The van der Waals surface area contributed by atoms with E-state index in [1.165, 1.54) is 0 Å². The second kappa shape index (κ2) is 4.43. The lowest BCUT2D eigenvalue weighted by Crippen LogP contribution is -2.48. The maximum absolute atomic E-state index is 11.6. The predicted octanol–water partition coefficient (Wildman–Crippen LogP) is 0.425. The Hall–Kier alpha value is -1.08. The van der Waals surface area contributed by atoms with Gasteiger partial charge in [0, 0.05) is 13.2 Å². The molecule has 0 saturated heterocycles. The summed E-state index contributed by atoms with van der Waals surface area (Å²) in [5.41, 5.74) is -0.783. The third-order valence-corrected chi connectivity index (χ3v) is 2.66. The first-order valence-electron chi connectivity index (χ1n) is 4.95. The summed E-state index contributed by atoms with van der Waals surface area (Å²) in [6.45, 7) is 2.56. The van der Waals surface area contributed by atoms with Gasteiger partial charge in [-0.2, -0.15) is 5.26 Å². The van der Waals surface area contributed by atoms with Crippen LogP contribution in [-0.4, -0.2) is 24.2 Å². The minimum Gasteiger partial charge on any atom is -0.396 e. The molecule has 1 aliphatic rings. The van der Waals surface area contributed by atoms with Crippen molar-refractivity contribution in [3.05, 3.63) is 0 Å².